The molecule has 0 spiro atoms. The van der Waals surface area contributed by atoms with Gasteiger partial charge in [-0.25, -0.2) is 4.68 Å². The van der Waals surface area contributed by atoms with Gasteiger partial charge in [0.15, 0.2) is 0 Å². The van der Waals surface area contributed by atoms with E-state index in [0.717, 1.165) is 36.4 Å². The Balaban J connectivity index is 1.65. The summed E-state index contributed by atoms with van der Waals surface area (Å²) in [6, 6.07) is 18.9. The third-order valence-electron chi connectivity index (χ3n) is 4.60. The minimum absolute atomic E-state index is 0.0952. The highest BCUT2D eigenvalue weighted by Crippen LogP contribution is 2.23. The van der Waals surface area contributed by atoms with Gasteiger partial charge in [-0.2, -0.15) is 5.10 Å². The van der Waals surface area contributed by atoms with E-state index in [4.69, 9.17) is 16.3 Å². The fourth-order valence-corrected chi connectivity index (χ4v) is 3.30. The molecule has 0 aliphatic carbocycles. The van der Waals surface area contributed by atoms with Crippen LogP contribution in [0, 0.1) is 0 Å². The van der Waals surface area contributed by atoms with E-state index in [0.29, 0.717) is 17.3 Å². The zero-order chi connectivity index (χ0) is 18.6. The first-order valence-corrected chi connectivity index (χ1v) is 9.40. The number of nitrogens with one attached hydrogen (secondary N) is 1. The second kappa shape index (κ2) is 7.94. The summed E-state index contributed by atoms with van der Waals surface area (Å²) in [5.41, 5.74) is 2.95. The van der Waals surface area contributed by atoms with E-state index in [9.17, 15) is 4.79 Å². The van der Waals surface area contributed by atoms with Gasteiger partial charge in [0.05, 0.1) is 17.5 Å². The lowest BCUT2D eigenvalue weighted by Crippen LogP contribution is -2.33. The van der Waals surface area contributed by atoms with Crippen molar-refractivity contribution in [2.45, 2.75) is 18.9 Å². The third-order valence-corrected chi connectivity index (χ3v) is 4.85. The summed E-state index contributed by atoms with van der Waals surface area (Å²) in [6.45, 7) is 1.28. The molecule has 0 radical (unpaired) electrons. The lowest BCUT2D eigenvalue weighted by atomic mass is 10.1. The number of para-hydroxylation sites is 1. The van der Waals surface area contributed by atoms with Gasteiger partial charge in [-0.1, -0.05) is 41.9 Å². The number of amides is 1. The molecule has 1 amide bonds. The van der Waals surface area contributed by atoms with Crippen LogP contribution >= 0.6 is 11.6 Å². The van der Waals surface area contributed by atoms with Gasteiger partial charge in [0.25, 0.3) is 5.91 Å². The smallest absolute Gasteiger partial charge is 0.270 e. The molecule has 1 unspecified atom stereocenters. The number of carbonyl (C=O) groups excluding carboxylic acids is 1. The largest absolute Gasteiger partial charge is 0.376 e. The minimum Gasteiger partial charge on any atom is -0.376 e. The number of aromatic nitrogens is 2. The first kappa shape index (κ1) is 17.8. The summed E-state index contributed by atoms with van der Waals surface area (Å²) in [4.78, 5) is 12.8. The normalized spacial score (nSPS) is 16.4. The van der Waals surface area contributed by atoms with Crippen LogP contribution in [0.5, 0.6) is 0 Å². The van der Waals surface area contributed by atoms with Gasteiger partial charge in [-0.15, -0.1) is 0 Å². The number of hydrogen-bond donors (Lipinski definition) is 1. The van der Waals surface area contributed by atoms with Crippen molar-refractivity contribution >= 4 is 17.5 Å². The van der Waals surface area contributed by atoms with Crippen LogP contribution in [0.3, 0.4) is 0 Å². The van der Waals surface area contributed by atoms with Crippen molar-refractivity contribution in [3.05, 3.63) is 71.4 Å². The summed E-state index contributed by atoms with van der Waals surface area (Å²) in [5.74, 6) is -0.165. The molecule has 1 atom stereocenters. The molecule has 1 aliphatic heterocycles. The number of halogens is 1. The van der Waals surface area contributed by atoms with Gasteiger partial charge < -0.3 is 10.1 Å². The predicted molar refractivity (Wildman–Crippen MR) is 105 cm³/mol. The third kappa shape index (κ3) is 4.04. The summed E-state index contributed by atoms with van der Waals surface area (Å²) < 4.78 is 7.27. The van der Waals surface area contributed by atoms with E-state index in [1.807, 2.05) is 54.6 Å². The minimum atomic E-state index is -0.165. The molecule has 138 valence electrons. The molecule has 0 bridgehead atoms. The Labute approximate surface area is 162 Å². The Morgan fingerprint density at radius 1 is 1.19 bits per heavy atom. The SMILES string of the molecule is O=C(NCC1CCCO1)c1cc(-c2ccc(Cl)cc2)nn1-c1ccccc1. The topological polar surface area (TPSA) is 56.1 Å². The predicted octanol–water partition coefficient (Wildman–Crippen LogP) is 4.10. The molecule has 5 nitrogen and oxygen atoms in total. The van der Waals surface area contributed by atoms with Crippen molar-refractivity contribution in [3.63, 3.8) is 0 Å². The Bertz CT molecular complexity index is 916. The first-order valence-electron chi connectivity index (χ1n) is 9.02. The lowest BCUT2D eigenvalue weighted by molar-refractivity contribution is 0.0851. The van der Waals surface area contributed by atoms with E-state index in [1.165, 1.54) is 0 Å². The van der Waals surface area contributed by atoms with E-state index < -0.39 is 0 Å². The fraction of sp³-hybridized carbons (Fsp3) is 0.238. The number of benzene rings is 2. The van der Waals surface area contributed by atoms with Crippen molar-refractivity contribution < 1.29 is 9.53 Å². The van der Waals surface area contributed by atoms with Crippen LogP contribution in [0.25, 0.3) is 16.9 Å². The zero-order valence-corrected chi connectivity index (χ0v) is 15.5. The maximum absolute atomic E-state index is 12.8. The zero-order valence-electron chi connectivity index (χ0n) is 14.8. The molecule has 4 rings (SSSR count). The second-order valence-corrected chi connectivity index (χ2v) is 6.95. The highest BCUT2D eigenvalue weighted by molar-refractivity contribution is 6.30. The van der Waals surface area contributed by atoms with Gasteiger partial charge >= 0.3 is 0 Å². The lowest BCUT2D eigenvalue weighted by Gasteiger charge is -2.11. The van der Waals surface area contributed by atoms with Gasteiger partial charge in [0.1, 0.15) is 5.69 Å². The van der Waals surface area contributed by atoms with Crippen LogP contribution in [-0.2, 0) is 4.74 Å². The fourth-order valence-electron chi connectivity index (χ4n) is 3.17. The summed E-state index contributed by atoms with van der Waals surface area (Å²) in [6.07, 6.45) is 2.12. The standard InChI is InChI=1S/C21H20ClN3O2/c22-16-10-8-15(9-11-16)19-13-20(21(26)23-14-18-7-4-12-27-18)25(24-19)17-5-2-1-3-6-17/h1-3,5-6,8-11,13,18H,4,7,12,14H2,(H,23,26). The van der Waals surface area contributed by atoms with Crippen LogP contribution in [0.2, 0.25) is 5.02 Å². The molecule has 1 saturated heterocycles. The Kier molecular flexibility index (Phi) is 5.23. The highest BCUT2D eigenvalue weighted by atomic mass is 35.5. The molecule has 6 heteroatoms. The maximum Gasteiger partial charge on any atom is 0.270 e. The van der Waals surface area contributed by atoms with E-state index in [1.54, 1.807) is 10.7 Å². The van der Waals surface area contributed by atoms with Gasteiger partial charge in [-0.05, 0) is 43.2 Å². The van der Waals surface area contributed by atoms with Crippen LogP contribution in [-0.4, -0.2) is 34.9 Å². The van der Waals surface area contributed by atoms with Gasteiger partial charge in [0, 0.05) is 23.7 Å². The second-order valence-electron chi connectivity index (χ2n) is 6.51. The maximum atomic E-state index is 12.8. The first-order chi connectivity index (χ1) is 13.2. The highest BCUT2D eigenvalue weighted by Gasteiger charge is 2.20. The number of carbonyl (C=O) groups is 1. The quantitative estimate of drug-likeness (QED) is 0.723. The van der Waals surface area contributed by atoms with Crippen LogP contribution < -0.4 is 5.32 Å². The average molecular weight is 382 g/mol. The molecule has 1 aromatic heterocycles. The van der Waals surface area contributed by atoms with E-state index in [2.05, 4.69) is 10.4 Å². The molecular weight excluding hydrogens is 362 g/mol. The summed E-state index contributed by atoms with van der Waals surface area (Å²) >= 11 is 5.98. The number of nitrogens with zero attached hydrogens (tertiary/aromatic N) is 2. The monoisotopic (exact) mass is 381 g/mol. The van der Waals surface area contributed by atoms with Gasteiger partial charge in [-0.3, -0.25) is 4.79 Å². The van der Waals surface area contributed by atoms with Crippen molar-refractivity contribution in [2.75, 3.05) is 13.2 Å². The molecule has 1 fully saturated rings. The molecule has 0 saturated carbocycles. The molecule has 2 heterocycles. The number of rotatable bonds is 5. The van der Waals surface area contributed by atoms with Crippen molar-refractivity contribution in [3.8, 4) is 16.9 Å². The number of hydrogen-bond acceptors (Lipinski definition) is 3. The van der Waals surface area contributed by atoms with Crippen molar-refractivity contribution in [2.24, 2.45) is 0 Å². The number of ether oxygens (including phenoxy) is 1. The summed E-state index contributed by atoms with van der Waals surface area (Å²) in [7, 11) is 0. The Morgan fingerprint density at radius 2 is 1.96 bits per heavy atom. The molecule has 1 aliphatic rings. The Hall–Kier alpha value is -2.63. The van der Waals surface area contributed by atoms with E-state index in [-0.39, 0.29) is 12.0 Å². The Morgan fingerprint density at radius 3 is 2.67 bits per heavy atom. The van der Waals surface area contributed by atoms with Crippen molar-refractivity contribution in [1.29, 1.82) is 0 Å². The average Bonchev–Trinajstić information content (AvgIpc) is 3.37. The molecule has 1 N–H and O–H groups in total. The summed E-state index contributed by atoms with van der Waals surface area (Å²) in [5, 5.41) is 8.30. The van der Waals surface area contributed by atoms with Crippen LogP contribution in [0.15, 0.2) is 60.7 Å². The molecule has 27 heavy (non-hydrogen) atoms. The molecular formula is C21H20ClN3O2. The van der Waals surface area contributed by atoms with E-state index >= 15 is 0 Å². The molecule has 3 aromatic rings. The van der Waals surface area contributed by atoms with Crippen molar-refractivity contribution in [1.82, 2.24) is 15.1 Å². The van der Waals surface area contributed by atoms with Gasteiger partial charge in [0.2, 0.25) is 0 Å². The molecule has 2 aromatic carbocycles. The van der Waals surface area contributed by atoms with Crippen LogP contribution in [0.4, 0.5) is 0 Å². The van der Waals surface area contributed by atoms with Crippen LogP contribution in [0.1, 0.15) is 23.3 Å².